The molecule has 3 heterocycles. The number of hydrogen-bond donors (Lipinski definition) is 2. The van der Waals surface area contributed by atoms with E-state index in [0.29, 0.717) is 0 Å². The van der Waals surface area contributed by atoms with E-state index in [1.165, 1.54) is 23.1 Å². The summed E-state index contributed by atoms with van der Waals surface area (Å²) in [6.07, 6.45) is 0.361. The van der Waals surface area contributed by atoms with Crippen LogP contribution >= 0.6 is 23.1 Å². The number of carboxylic acids is 1. The van der Waals surface area contributed by atoms with Crippen LogP contribution in [0.3, 0.4) is 0 Å². The average molecular weight is 380 g/mol. The van der Waals surface area contributed by atoms with Crippen molar-refractivity contribution in [2.45, 2.75) is 31.2 Å². The molecular weight excluding hydrogens is 364 g/mol. The normalized spacial score (nSPS) is 22.3. The first-order valence-corrected chi connectivity index (χ1v) is 9.63. The minimum atomic E-state index is -1.29. The summed E-state index contributed by atoms with van der Waals surface area (Å²) in [6.45, 7) is 1.65. The van der Waals surface area contributed by atoms with E-state index in [1.54, 1.807) is 6.92 Å². The maximum atomic E-state index is 12.4. The van der Waals surface area contributed by atoms with E-state index in [4.69, 9.17) is 0 Å². The zero-order valence-electron chi connectivity index (χ0n) is 13.4. The van der Waals surface area contributed by atoms with Crippen LogP contribution in [0.25, 0.3) is 0 Å². The Balaban J connectivity index is 1.74. The van der Waals surface area contributed by atoms with Crippen molar-refractivity contribution in [1.82, 2.24) is 10.2 Å². The molecule has 1 saturated heterocycles. The number of carbonyl (C=O) groups excluding carboxylic acids is 3. The lowest BCUT2D eigenvalue weighted by molar-refractivity contribution is -0.150. The van der Waals surface area contributed by atoms with E-state index >= 15 is 0 Å². The van der Waals surface area contributed by atoms with E-state index in [-0.39, 0.29) is 41.6 Å². The summed E-state index contributed by atoms with van der Waals surface area (Å²) in [5.41, 5.74) is -0.0858. The van der Waals surface area contributed by atoms with Crippen molar-refractivity contribution in [2.75, 3.05) is 5.75 Å². The maximum Gasteiger partial charge on any atom is 0.353 e. The fraction of sp³-hybridized carbons (Fsp3) is 0.375. The highest BCUT2D eigenvalue weighted by Gasteiger charge is 2.54. The van der Waals surface area contributed by atoms with Gasteiger partial charge < -0.3 is 10.4 Å². The SMILES string of the molecule is CCC(=O)C1=C(C(=O)O)N2C(=O)C(NC(=O)Cc3cccs3)[C@H]2SC1. The van der Waals surface area contributed by atoms with Gasteiger partial charge in [0.1, 0.15) is 17.1 Å². The molecule has 1 unspecified atom stereocenters. The Kier molecular flexibility index (Phi) is 4.96. The monoisotopic (exact) mass is 380 g/mol. The number of β-lactam (4-membered cyclic amide) rings is 1. The molecule has 9 heteroatoms. The van der Waals surface area contributed by atoms with E-state index in [1.807, 2.05) is 17.5 Å². The molecular formula is C16H16N2O5S2. The van der Waals surface area contributed by atoms with Crippen molar-refractivity contribution < 1.29 is 24.3 Å². The van der Waals surface area contributed by atoms with Crippen molar-refractivity contribution in [3.05, 3.63) is 33.7 Å². The number of thiophene rings is 1. The molecule has 2 N–H and O–H groups in total. The fourth-order valence-electron chi connectivity index (χ4n) is 2.84. The minimum absolute atomic E-state index is 0.160. The van der Waals surface area contributed by atoms with E-state index < -0.39 is 23.3 Å². The molecule has 1 fully saturated rings. The molecule has 0 saturated carbocycles. The fourth-order valence-corrected chi connectivity index (χ4v) is 4.92. The number of Topliss-reactive ketones (excluding diaryl/α,β-unsaturated/α-hetero) is 1. The molecule has 0 radical (unpaired) electrons. The number of fused-ring (bicyclic) bond motifs is 1. The Morgan fingerprint density at radius 1 is 1.40 bits per heavy atom. The summed E-state index contributed by atoms with van der Waals surface area (Å²) < 4.78 is 0. The standard InChI is InChI=1S/C16H16N2O5S2/c1-2-10(19)9-7-25-15-12(14(21)18(15)13(9)16(22)23)17-11(20)6-8-4-3-5-24-8/h3-5,12,15H,2,6-7H2,1H3,(H,17,20)(H,22,23)/t12?,15-/m1/s1. The first-order chi connectivity index (χ1) is 11.9. The average Bonchev–Trinajstić information content (AvgIpc) is 3.10. The second kappa shape index (κ2) is 7.01. The number of nitrogens with zero attached hydrogens (tertiary/aromatic N) is 1. The van der Waals surface area contributed by atoms with E-state index in [0.717, 1.165) is 9.78 Å². The van der Waals surface area contributed by atoms with Crippen LogP contribution in [0, 0.1) is 0 Å². The third kappa shape index (κ3) is 3.21. The van der Waals surface area contributed by atoms with Gasteiger partial charge in [0.05, 0.1) is 6.42 Å². The lowest BCUT2D eigenvalue weighted by Gasteiger charge is -2.49. The maximum absolute atomic E-state index is 12.4. The smallest absolute Gasteiger partial charge is 0.353 e. The number of thioether (sulfide) groups is 1. The third-order valence-corrected chi connectivity index (χ3v) is 6.22. The van der Waals surface area contributed by atoms with Crippen LogP contribution in [-0.4, -0.2) is 50.7 Å². The van der Waals surface area contributed by atoms with Crippen LogP contribution in [0.1, 0.15) is 18.2 Å². The predicted molar refractivity (Wildman–Crippen MR) is 93.0 cm³/mol. The molecule has 2 aliphatic heterocycles. The highest BCUT2D eigenvalue weighted by molar-refractivity contribution is 8.00. The summed E-state index contributed by atoms with van der Waals surface area (Å²) in [4.78, 5) is 50.0. The van der Waals surface area contributed by atoms with Gasteiger partial charge in [-0.3, -0.25) is 19.3 Å². The summed E-state index contributed by atoms with van der Waals surface area (Å²) >= 11 is 2.75. The lowest BCUT2D eigenvalue weighted by atomic mass is 10.00. The van der Waals surface area contributed by atoms with Gasteiger partial charge in [-0.25, -0.2) is 4.79 Å². The number of rotatable bonds is 6. The topological polar surface area (TPSA) is 104 Å². The van der Waals surface area contributed by atoms with Crippen LogP contribution in [0.5, 0.6) is 0 Å². The number of amides is 2. The molecule has 2 amide bonds. The Hall–Kier alpha value is -2.13. The van der Waals surface area contributed by atoms with Gasteiger partial charge in [0.25, 0.3) is 5.91 Å². The Morgan fingerprint density at radius 2 is 2.16 bits per heavy atom. The number of carboxylic acid groups (broad SMARTS) is 1. The van der Waals surface area contributed by atoms with Crippen molar-refractivity contribution in [1.29, 1.82) is 0 Å². The minimum Gasteiger partial charge on any atom is -0.477 e. The van der Waals surface area contributed by atoms with Gasteiger partial charge >= 0.3 is 5.97 Å². The van der Waals surface area contributed by atoms with Gasteiger partial charge in [0, 0.05) is 22.6 Å². The predicted octanol–water partition coefficient (Wildman–Crippen LogP) is 1.01. The molecule has 7 nitrogen and oxygen atoms in total. The van der Waals surface area contributed by atoms with Gasteiger partial charge in [-0.1, -0.05) is 13.0 Å². The molecule has 1 aromatic rings. The number of carbonyl (C=O) groups is 4. The molecule has 2 atom stereocenters. The molecule has 25 heavy (non-hydrogen) atoms. The Morgan fingerprint density at radius 3 is 2.76 bits per heavy atom. The highest BCUT2D eigenvalue weighted by atomic mass is 32.2. The van der Waals surface area contributed by atoms with Gasteiger partial charge in [-0.2, -0.15) is 0 Å². The largest absolute Gasteiger partial charge is 0.477 e. The quantitative estimate of drug-likeness (QED) is 0.714. The van der Waals surface area contributed by atoms with Crippen LogP contribution in [0.4, 0.5) is 0 Å². The Bertz CT molecular complexity index is 771. The van der Waals surface area contributed by atoms with Crippen molar-refractivity contribution in [3.8, 4) is 0 Å². The van der Waals surface area contributed by atoms with Crippen molar-refractivity contribution >= 4 is 46.7 Å². The first kappa shape index (κ1) is 17.7. The van der Waals surface area contributed by atoms with Crippen LogP contribution < -0.4 is 5.32 Å². The van der Waals surface area contributed by atoms with Crippen molar-refractivity contribution in [2.24, 2.45) is 0 Å². The highest BCUT2D eigenvalue weighted by Crippen LogP contribution is 2.40. The molecule has 0 aliphatic carbocycles. The zero-order chi connectivity index (χ0) is 18.1. The summed E-state index contributed by atoms with van der Waals surface area (Å²) in [6, 6.07) is 2.92. The molecule has 2 aliphatic rings. The van der Waals surface area contributed by atoms with Crippen LogP contribution in [0.15, 0.2) is 28.8 Å². The molecule has 0 spiro atoms. The van der Waals surface area contributed by atoms with Gasteiger partial charge in [-0.05, 0) is 11.4 Å². The summed E-state index contributed by atoms with van der Waals surface area (Å²) in [5, 5.41) is 13.5. The van der Waals surface area contributed by atoms with Gasteiger partial charge in [-0.15, -0.1) is 23.1 Å². The summed E-state index contributed by atoms with van der Waals surface area (Å²) in [7, 11) is 0. The molecule has 1 aromatic heterocycles. The lowest BCUT2D eigenvalue weighted by Crippen LogP contribution is -2.70. The van der Waals surface area contributed by atoms with Gasteiger partial charge in [0.15, 0.2) is 5.78 Å². The number of hydrogen-bond acceptors (Lipinski definition) is 6. The van der Waals surface area contributed by atoms with Crippen LogP contribution in [0.2, 0.25) is 0 Å². The second-order valence-corrected chi connectivity index (χ2v) is 7.76. The van der Waals surface area contributed by atoms with Crippen molar-refractivity contribution in [3.63, 3.8) is 0 Å². The van der Waals surface area contributed by atoms with Crippen LogP contribution in [-0.2, 0) is 25.6 Å². The first-order valence-electron chi connectivity index (χ1n) is 7.70. The third-order valence-electron chi connectivity index (χ3n) is 4.06. The molecule has 3 rings (SSSR count). The van der Waals surface area contributed by atoms with E-state index in [2.05, 4.69) is 5.32 Å². The molecule has 0 aromatic carbocycles. The summed E-state index contributed by atoms with van der Waals surface area (Å²) in [5.74, 6) is -2.12. The molecule has 0 bridgehead atoms. The second-order valence-electron chi connectivity index (χ2n) is 5.62. The zero-order valence-corrected chi connectivity index (χ0v) is 15.0. The number of ketones is 1. The van der Waals surface area contributed by atoms with Gasteiger partial charge in [0.2, 0.25) is 5.91 Å². The Labute approximate surface area is 152 Å². The molecule has 132 valence electrons. The van der Waals surface area contributed by atoms with E-state index in [9.17, 15) is 24.3 Å². The number of nitrogens with one attached hydrogen (secondary N) is 1. The number of aliphatic carboxylic acids is 1.